The molecule has 0 atom stereocenters. The van der Waals surface area contributed by atoms with E-state index >= 15 is 0 Å². The Morgan fingerprint density at radius 2 is 0.810 bits per heavy atom. The zero-order valence-electron chi connectivity index (χ0n) is 11.7. The van der Waals surface area contributed by atoms with E-state index in [0.29, 0.717) is 0 Å². The predicted octanol–water partition coefficient (Wildman–Crippen LogP) is 4.84. The quantitative estimate of drug-likeness (QED) is 0.477. The van der Waals surface area contributed by atoms with Gasteiger partial charge in [0.15, 0.2) is 0 Å². The van der Waals surface area contributed by atoms with Gasteiger partial charge < -0.3 is 0 Å². The van der Waals surface area contributed by atoms with Crippen molar-refractivity contribution in [2.45, 2.75) is 1.51 Å². The molecule has 3 aromatic rings. The summed E-state index contributed by atoms with van der Waals surface area (Å²) in [6.45, 7) is 0. The number of halogens is 1. The molecule has 0 spiro atoms. The van der Waals surface area contributed by atoms with E-state index in [4.69, 9.17) is 6.39 Å². The fraction of sp³-hybridized carbons (Fsp3) is 0.0526. The summed E-state index contributed by atoms with van der Waals surface area (Å²) >= 11 is -1.39. The van der Waals surface area contributed by atoms with Crippen LogP contribution in [0.4, 0.5) is 0 Å². The normalized spacial score (nSPS) is 10.9. The number of hydrogen-bond donors (Lipinski definition) is 0. The molecular weight excluding hydrogens is 304 g/mol. The van der Waals surface area contributed by atoms with E-state index in [0.717, 1.165) is 0 Å². The van der Waals surface area contributed by atoms with Gasteiger partial charge in [0.25, 0.3) is 0 Å². The average Bonchev–Trinajstić information content (AvgIpc) is 2.59. The van der Waals surface area contributed by atoms with E-state index in [9.17, 15) is 0 Å². The average molecular weight is 319 g/mol. The van der Waals surface area contributed by atoms with E-state index < -0.39 is 32.3 Å². The summed E-state index contributed by atoms with van der Waals surface area (Å²) < 4.78 is -0.127. The number of hydrogen-bond acceptors (Lipinski definition) is 0. The Balaban J connectivity index is 2.29. The SMILES string of the molecule is [Cl][Ca][C](c1ccccc1)(c1ccccc1)c1ccccc1. The molecule has 0 aliphatic rings. The van der Waals surface area contributed by atoms with Crippen molar-refractivity contribution < 1.29 is 0 Å². The van der Waals surface area contributed by atoms with Crippen LogP contribution in [0.2, 0.25) is 0 Å². The summed E-state index contributed by atoms with van der Waals surface area (Å²) in [4.78, 5) is 0. The molecule has 0 saturated carbocycles. The van der Waals surface area contributed by atoms with Gasteiger partial charge >= 0.3 is 148 Å². The van der Waals surface area contributed by atoms with E-state index in [1.165, 1.54) is 16.7 Å². The van der Waals surface area contributed by atoms with Gasteiger partial charge in [0.05, 0.1) is 0 Å². The molecular formula is C19H15CaCl. The van der Waals surface area contributed by atoms with E-state index in [1.807, 2.05) is 0 Å². The van der Waals surface area contributed by atoms with Crippen LogP contribution in [0.5, 0.6) is 0 Å². The molecule has 0 unspecified atom stereocenters. The molecule has 0 radical (unpaired) electrons. The third-order valence-electron chi connectivity index (χ3n) is 4.00. The van der Waals surface area contributed by atoms with Gasteiger partial charge in [0.1, 0.15) is 0 Å². The summed E-state index contributed by atoms with van der Waals surface area (Å²) in [5.41, 5.74) is 3.91. The standard InChI is InChI=1S/C19H15.Ca.ClH/c1-4-10-16(11-5-1)19(17-12-6-2-7-13-17)18-14-8-3-9-15-18;;/h1-15H;;1H/q;+1;/p-1. The van der Waals surface area contributed by atoms with Crippen LogP contribution in [0.15, 0.2) is 91.0 Å². The van der Waals surface area contributed by atoms with Gasteiger partial charge in [0.2, 0.25) is 0 Å². The van der Waals surface area contributed by atoms with Crippen LogP contribution in [-0.4, -0.2) is 32.3 Å². The molecule has 0 nitrogen and oxygen atoms in total. The van der Waals surface area contributed by atoms with Crippen molar-refractivity contribution in [1.29, 1.82) is 0 Å². The molecule has 100 valence electrons. The van der Waals surface area contributed by atoms with Crippen LogP contribution in [0, 0.1) is 0 Å². The zero-order chi connectivity index (χ0) is 14.5. The first-order valence-corrected chi connectivity index (χ1v) is 11.2. The Hall–Kier alpha value is -0.790. The molecule has 2 heteroatoms. The van der Waals surface area contributed by atoms with Gasteiger partial charge in [-0.05, 0) is 0 Å². The molecule has 0 bridgehead atoms. The summed E-state index contributed by atoms with van der Waals surface area (Å²) in [5.74, 6) is 0. The molecule has 0 heterocycles. The van der Waals surface area contributed by atoms with Crippen LogP contribution in [0.25, 0.3) is 0 Å². The molecule has 0 fully saturated rings. The minimum atomic E-state index is -1.39. The Morgan fingerprint density at radius 1 is 0.524 bits per heavy atom. The fourth-order valence-corrected chi connectivity index (χ4v) is 6.64. The molecule has 0 N–H and O–H groups in total. The molecule has 0 amide bonds. The zero-order valence-corrected chi connectivity index (χ0v) is 14.7. The molecule has 0 aliphatic heterocycles. The van der Waals surface area contributed by atoms with Crippen LogP contribution in [0.1, 0.15) is 16.7 Å². The Morgan fingerprint density at radius 3 is 1.05 bits per heavy atom. The van der Waals surface area contributed by atoms with Gasteiger partial charge in [-0.2, -0.15) is 0 Å². The molecule has 0 aromatic heterocycles. The maximum atomic E-state index is 6.72. The van der Waals surface area contributed by atoms with Crippen molar-refractivity contribution in [2.24, 2.45) is 0 Å². The minimum absolute atomic E-state index is 0.127. The Kier molecular flexibility index (Phi) is 5.02. The molecule has 0 saturated heterocycles. The fourth-order valence-electron chi connectivity index (χ4n) is 2.90. The number of benzene rings is 3. The first kappa shape index (κ1) is 15.1. The maximum absolute atomic E-state index is 6.72. The third kappa shape index (κ3) is 2.91. The van der Waals surface area contributed by atoms with Crippen LogP contribution >= 0.6 is 6.39 Å². The van der Waals surface area contributed by atoms with Gasteiger partial charge in [-0.15, -0.1) is 0 Å². The summed E-state index contributed by atoms with van der Waals surface area (Å²) in [7, 11) is 0. The molecule has 21 heavy (non-hydrogen) atoms. The summed E-state index contributed by atoms with van der Waals surface area (Å²) in [6.07, 6.45) is 6.72. The van der Waals surface area contributed by atoms with Crippen LogP contribution in [-0.2, 0) is 1.51 Å². The third-order valence-corrected chi connectivity index (χ3v) is 8.19. The van der Waals surface area contributed by atoms with E-state index in [-0.39, 0.29) is 1.51 Å². The van der Waals surface area contributed by atoms with Crippen molar-refractivity contribution in [3.63, 3.8) is 0 Å². The van der Waals surface area contributed by atoms with Crippen molar-refractivity contribution in [1.82, 2.24) is 0 Å². The summed E-state index contributed by atoms with van der Waals surface area (Å²) in [5, 5.41) is 0. The molecule has 3 rings (SSSR count). The first-order valence-electron chi connectivity index (χ1n) is 7.10. The second-order valence-corrected chi connectivity index (χ2v) is 8.31. The van der Waals surface area contributed by atoms with Gasteiger partial charge in [-0.1, -0.05) is 0 Å². The Labute approximate surface area is 146 Å². The molecule has 0 aliphatic carbocycles. The predicted molar refractivity (Wildman–Crippen MR) is 90.8 cm³/mol. The topological polar surface area (TPSA) is 0 Å². The number of rotatable bonds is 4. The van der Waals surface area contributed by atoms with E-state index in [2.05, 4.69) is 91.0 Å². The van der Waals surface area contributed by atoms with Crippen molar-refractivity contribution in [2.75, 3.05) is 0 Å². The van der Waals surface area contributed by atoms with Gasteiger partial charge in [0, 0.05) is 0 Å². The molecule has 3 aromatic carbocycles. The van der Waals surface area contributed by atoms with Crippen LogP contribution in [0.3, 0.4) is 0 Å². The Bertz CT molecular complexity index is 584. The van der Waals surface area contributed by atoms with E-state index in [1.54, 1.807) is 0 Å². The van der Waals surface area contributed by atoms with Crippen molar-refractivity contribution in [3.05, 3.63) is 108 Å². The van der Waals surface area contributed by atoms with Crippen molar-refractivity contribution in [3.8, 4) is 0 Å². The van der Waals surface area contributed by atoms with Gasteiger partial charge in [-0.3, -0.25) is 0 Å². The second-order valence-electron chi connectivity index (χ2n) is 5.14. The first-order chi connectivity index (χ1) is 10.4. The van der Waals surface area contributed by atoms with Crippen molar-refractivity contribution >= 4 is 38.7 Å². The summed E-state index contributed by atoms with van der Waals surface area (Å²) in [6, 6.07) is 32.0. The van der Waals surface area contributed by atoms with Crippen LogP contribution < -0.4 is 0 Å². The van der Waals surface area contributed by atoms with Gasteiger partial charge in [-0.25, -0.2) is 0 Å². The second kappa shape index (κ2) is 6.98. The monoisotopic (exact) mass is 318 g/mol.